The van der Waals surface area contributed by atoms with E-state index in [1.54, 1.807) is 55.5 Å². The van der Waals surface area contributed by atoms with E-state index in [-0.39, 0.29) is 30.7 Å². The average molecular weight is 577 g/mol. The van der Waals surface area contributed by atoms with Gasteiger partial charge in [0.05, 0.1) is 13.2 Å². The highest BCUT2D eigenvalue weighted by molar-refractivity contribution is 6.30. The van der Waals surface area contributed by atoms with Gasteiger partial charge in [0.15, 0.2) is 5.69 Å². The van der Waals surface area contributed by atoms with Gasteiger partial charge in [-0.25, -0.2) is 4.79 Å². The molecule has 0 saturated heterocycles. The van der Waals surface area contributed by atoms with Crippen LogP contribution in [0, 0.1) is 0 Å². The Morgan fingerprint density at radius 1 is 0.950 bits per heavy atom. The Kier molecular flexibility index (Phi) is 10.1. The minimum absolute atomic E-state index is 0.0287. The molecule has 0 amide bonds. The molecule has 2 aromatic heterocycles. The summed E-state index contributed by atoms with van der Waals surface area (Å²) < 4.78 is 51.2. The van der Waals surface area contributed by atoms with Crippen molar-refractivity contribution >= 4 is 29.2 Å². The lowest BCUT2D eigenvalue weighted by Crippen LogP contribution is -2.33. The number of alkyl halides is 3. The monoisotopic (exact) mass is 576 g/mol. The summed E-state index contributed by atoms with van der Waals surface area (Å²) in [6, 6.07) is 15.3. The fraction of sp³-hybridized carbons (Fsp3) is 0.231. The third-order valence-corrected chi connectivity index (χ3v) is 5.18. The summed E-state index contributed by atoms with van der Waals surface area (Å²) >= 11 is 5.88. The second kappa shape index (κ2) is 13.5. The summed E-state index contributed by atoms with van der Waals surface area (Å²) in [5, 5.41) is 17.5. The van der Waals surface area contributed by atoms with Crippen molar-refractivity contribution in [2.75, 3.05) is 11.9 Å². The maximum absolute atomic E-state index is 13.3. The number of ether oxygens (including phenoxy) is 2. The number of hydrogen-bond acceptors (Lipinski definition) is 9. The highest BCUT2D eigenvalue weighted by atomic mass is 35.5. The van der Waals surface area contributed by atoms with Crippen LogP contribution in [0.25, 0.3) is 0 Å². The predicted octanol–water partition coefficient (Wildman–Crippen LogP) is 5.89. The molecular weight excluding hydrogens is 553 g/mol. The van der Waals surface area contributed by atoms with E-state index in [9.17, 15) is 22.8 Å². The van der Waals surface area contributed by atoms with Crippen molar-refractivity contribution in [2.45, 2.75) is 33.5 Å². The zero-order valence-corrected chi connectivity index (χ0v) is 22.3. The lowest BCUT2D eigenvalue weighted by molar-refractivity contribution is -0.143. The zero-order valence-electron chi connectivity index (χ0n) is 21.6. The van der Waals surface area contributed by atoms with Crippen LogP contribution in [0.1, 0.15) is 42.5 Å². The molecule has 0 fully saturated rings. The summed E-state index contributed by atoms with van der Waals surface area (Å²) in [6.45, 7) is 5.66. The number of hydrogen-bond donors (Lipinski definition) is 1. The first-order chi connectivity index (χ1) is 19.1. The smallest absolute Gasteiger partial charge is 0.440 e. The fourth-order valence-corrected chi connectivity index (χ4v) is 3.28. The Labute approximate surface area is 231 Å². The summed E-state index contributed by atoms with van der Waals surface area (Å²) in [5.74, 6) is -0.343. The Morgan fingerprint density at radius 3 is 2.20 bits per heavy atom. The van der Waals surface area contributed by atoms with Gasteiger partial charge in [-0.1, -0.05) is 37.6 Å². The number of carbonyl (C=O) groups excluding carboxylic acids is 1. The molecule has 0 aliphatic carbocycles. The van der Waals surface area contributed by atoms with E-state index in [0.29, 0.717) is 22.0 Å². The topological polar surface area (TPSA) is 121 Å². The lowest BCUT2D eigenvalue weighted by atomic mass is 10.2. The van der Waals surface area contributed by atoms with Gasteiger partial charge in [-0.05, 0) is 55.0 Å². The van der Waals surface area contributed by atoms with Crippen LogP contribution < -0.4 is 15.6 Å². The second-order valence-electron chi connectivity index (χ2n) is 7.62. The van der Waals surface area contributed by atoms with Crippen molar-refractivity contribution in [1.29, 1.82) is 0 Å². The van der Waals surface area contributed by atoms with Crippen LogP contribution in [-0.4, -0.2) is 37.5 Å². The van der Waals surface area contributed by atoms with Crippen molar-refractivity contribution in [2.24, 2.45) is 0 Å². The number of nitrogens with zero attached hydrogens (tertiary/aromatic N) is 5. The normalized spacial score (nSPS) is 10.8. The molecule has 2 aromatic carbocycles. The molecule has 10 nitrogen and oxygen atoms in total. The van der Waals surface area contributed by atoms with Gasteiger partial charge in [0.1, 0.15) is 5.75 Å². The molecule has 0 bridgehead atoms. The quantitative estimate of drug-likeness (QED) is 0.256. The van der Waals surface area contributed by atoms with Crippen LogP contribution in [0.4, 0.5) is 24.8 Å². The number of nitrogens with one attached hydrogen (secondary N) is 1. The Morgan fingerprint density at radius 2 is 1.62 bits per heavy atom. The first-order valence-corrected chi connectivity index (χ1v) is 12.4. The van der Waals surface area contributed by atoms with Crippen molar-refractivity contribution in [3.05, 3.63) is 93.0 Å². The van der Waals surface area contributed by atoms with Crippen LogP contribution in [0.3, 0.4) is 0 Å². The van der Waals surface area contributed by atoms with Gasteiger partial charge in [-0.3, -0.25) is 9.36 Å². The molecule has 210 valence electrons. The molecule has 0 atom stereocenters. The van der Waals surface area contributed by atoms with Gasteiger partial charge in [-0.15, -0.1) is 20.4 Å². The summed E-state index contributed by atoms with van der Waals surface area (Å²) in [7, 11) is 0. The summed E-state index contributed by atoms with van der Waals surface area (Å²) in [5.41, 5.74) is -2.04. The zero-order chi connectivity index (χ0) is 29.3. The highest BCUT2D eigenvalue weighted by Crippen LogP contribution is 2.26. The third kappa shape index (κ3) is 7.76. The van der Waals surface area contributed by atoms with E-state index < -0.39 is 23.4 Å². The predicted molar refractivity (Wildman–Crippen MR) is 141 cm³/mol. The van der Waals surface area contributed by atoms with E-state index in [0.717, 1.165) is 4.57 Å². The molecular formula is C26H24ClF3N6O4. The Hall–Kier alpha value is -4.52. The van der Waals surface area contributed by atoms with Crippen molar-refractivity contribution in [3.63, 3.8) is 0 Å². The molecule has 40 heavy (non-hydrogen) atoms. The molecule has 4 aromatic rings. The van der Waals surface area contributed by atoms with E-state index in [1.807, 2.05) is 13.8 Å². The Bertz CT molecular complexity index is 1480. The Balaban J connectivity index is 0.00000216. The van der Waals surface area contributed by atoms with Crippen molar-refractivity contribution in [3.8, 4) is 11.6 Å². The van der Waals surface area contributed by atoms with Crippen LogP contribution in [0.15, 0.2) is 65.5 Å². The van der Waals surface area contributed by atoms with Crippen LogP contribution >= 0.6 is 11.6 Å². The molecule has 0 aliphatic heterocycles. The van der Waals surface area contributed by atoms with Gasteiger partial charge in [0.25, 0.3) is 5.56 Å². The molecule has 1 N–H and O–H groups in total. The van der Waals surface area contributed by atoms with Gasteiger partial charge in [-0.2, -0.15) is 13.2 Å². The molecule has 4 rings (SSSR count). The largest absolute Gasteiger partial charge is 0.461 e. The van der Waals surface area contributed by atoms with Crippen LogP contribution in [0.2, 0.25) is 5.02 Å². The molecule has 0 spiro atoms. The number of benzene rings is 2. The number of anilines is 2. The second-order valence-corrected chi connectivity index (χ2v) is 8.05. The number of rotatable bonds is 8. The standard InChI is InChI=1S/C24H18ClF3N6O4.C2H6/c1-2-37-22(36)18-11-12-19(31-30-18)38-17-9-7-16(8-10-17)29-23-33-32-20(24(26,27)28)21(35)34(23)13-14-3-5-15(25)6-4-14;1-2/h3-12H,2,13H2,1H3,(H,29,33);1-2H3. The van der Waals surface area contributed by atoms with Crippen LogP contribution in [-0.2, 0) is 17.5 Å². The van der Waals surface area contributed by atoms with Gasteiger partial charge >= 0.3 is 12.1 Å². The molecule has 0 unspecified atom stereocenters. The van der Waals surface area contributed by atoms with E-state index in [2.05, 4.69) is 25.7 Å². The molecule has 14 heteroatoms. The molecule has 0 radical (unpaired) electrons. The van der Waals surface area contributed by atoms with Gasteiger partial charge in [0.2, 0.25) is 17.5 Å². The summed E-state index contributed by atoms with van der Waals surface area (Å²) in [6.07, 6.45) is -4.97. The van der Waals surface area contributed by atoms with E-state index in [1.165, 1.54) is 12.1 Å². The summed E-state index contributed by atoms with van der Waals surface area (Å²) in [4.78, 5) is 24.3. The maximum atomic E-state index is 13.3. The van der Waals surface area contributed by atoms with Crippen molar-refractivity contribution < 1.29 is 27.4 Å². The van der Waals surface area contributed by atoms with Gasteiger partial charge in [0, 0.05) is 16.8 Å². The van der Waals surface area contributed by atoms with Gasteiger partial charge < -0.3 is 14.8 Å². The first kappa shape index (κ1) is 30.0. The van der Waals surface area contributed by atoms with E-state index >= 15 is 0 Å². The number of carbonyl (C=O) groups is 1. The number of halogens is 4. The third-order valence-electron chi connectivity index (χ3n) is 4.93. The molecule has 2 heterocycles. The maximum Gasteiger partial charge on any atom is 0.440 e. The number of esters is 1. The minimum Gasteiger partial charge on any atom is -0.461 e. The molecule has 0 aliphatic rings. The number of aromatic nitrogens is 5. The average Bonchev–Trinajstić information content (AvgIpc) is 2.94. The van der Waals surface area contributed by atoms with Crippen LogP contribution in [0.5, 0.6) is 11.6 Å². The minimum atomic E-state index is -4.97. The van der Waals surface area contributed by atoms with Crippen molar-refractivity contribution in [1.82, 2.24) is 25.0 Å². The highest BCUT2D eigenvalue weighted by Gasteiger charge is 2.38. The first-order valence-electron chi connectivity index (χ1n) is 12.0. The van der Waals surface area contributed by atoms with E-state index in [4.69, 9.17) is 21.1 Å². The fourth-order valence-electron chi connectivity index (χ4n) is 3.15. The molecule has 0 saturated carbocycles. The SMILES string of the molecule is CC.CCOC(=O)c1ccc(Oc2ccc(Nc3nnc(C(F)(F)F)c(=O)n3Cc3ccc(Cl)cc3)cc2)nn1. The lowest BCUT2D eigenvalue weighted by Gasteiger charge is -2.15.